The second-order valence-corrected chi connectivity index (χ2v) is 6.79. The van der Waals surface area contributed by atoms with E-state index in [2.05, 4.69) is 20.3 Å². The Morgan fingerprint density at radius 3 is 2.61 bits per heavy atom. The van der Waals surface area contributed by atoms with Crippen LogP contribution in [0.1, 0.15) is 0 Å². The zero-order chi connectivity index (χ0) is 21.6. The van der Waals surface area contributed by atoms with Crippen molar-refractivity contribution in [1.82, 2.24) is 15.0 Å². The molecule has 7 nitrogen and oxygen atoms in total. The van der Waals surface area contributed by atoms with Gasteiger partial charge in [-0.25, -0.2) is 19.3 Å². The lowest BCUT2D eigenvalue weighted by atomic mass is 10.2. The molecule has 0 saturated heterocycles. The van der Waals surface area contributed by atoms with E-state index in [1.54, 1.807) is 36.5 Å². The summed E-state index contributed by atoms with van der Waals surface area (Å²) < 4.78 is 31.0. The summed E-state index contributed by atoms with van der Waals surface area (Å²) in [5, 5.41) is 3.93. The molecule has 2 heterocycles. The number of hydrogen-bond acceptors (Lipinski definition) is 7. The number of nitrogens with one attached hydrogen (secondary N) is 1. The zero-order valence-corrected chi connectivity index (χ0v) is 17.3. The molecular formula is C22H18ClFN4O3. The standard InChI is InChI=1S/C22H18ClFN4O3/c1-29-19-11-15-18(12-20(19)30-8-9-31-21-4-2-3-7-25-21)26-13-27-22(15)28-17-6-5-14(23)10-16(17)24/h2-7,10-13H,8-9H2,1H3,(H,26,27,28). The second-order valence-electron chi connectivity index (χ2n) is 6.36. The van der Waals surface area contributed by atoms with E-state index in [9.17, 15) is 4.39 Å². The highest BCUT2D eigenvalue weighted by atomic mass is 35.5. The molecule has 4 aromatic rings. The summed E-state index contributed by atoms with van der Waals surface area (Å²) in [5.74, 6) is 1.45. The molecule has 0 atom stereocenters. The molecule has 1 N–H and O–H groups in total. The Balaban J connectivity index is 1.53. The topological polar surface area (TPSA) is 78.4 Å². The smallest absolute Gasteiger partial charge is 0.213 e. The van der Waals surface area contributed by atoms with Gasteiger partial charge in [0.05, 0.1) is 18.3 Å². The molecule has 0 fully saturated rings. The molecule has 0 aliphatic heterocycles. The van der Waals surface area contributed by atoms with Crippen molar-refractivity contribution in [2.75, 3.05) is 25.6 Å². The van der Waals surface area contributed by atoms with Crippen molar-refractivity contribution >= 4 is 34.0 Å². The van der Waals surface area contributed by atoms with Crippen molar-refractivity contribution < 1.29 is 18.6 Å². The molecule has 9 heteroatoms. The van der Waals surface area contributed by atoms with Gasteiger partial charge in [0.1, 0.15) is 31.2 Å². The summed E-state index contributed by atoms with van der Waals surface area (Å²) in [6.07, 6.45) is 3.04. The SMILES string of the molecule is COc1cc2c(Nc3ccc(Cl)cc3F)ncnc2cc1OCCOc1ccccn1. The Morgan fingerprint density at radius 1 is 0.968 bits per heavy atom. The first kappa shape index (κ1) is 20.6. The number of benzene rings is 2. The number of hydrogen-bond donors (Lipinski definition) is 1. The summed E-state index contributed by atoms with van der Waals surface area (Å²) in [6.45, 7) is 0.593. The summed E-state index contributed by atoms with van der Waals surface area (Å²) >= 11 is 5.82. The largest absolute Gasteiger partial charge is 0.493 e. The van der Waals surface area contributed by atoms with E-state index >= 15 is 0 Å². The van der Waals surface area contributed by atoms with Gasteiger partial charge in [0, 0.05) is 28.7 Å². The minimum atomic E-state index is -0.487. The van der Waals surface area contributed by atoms with Crippen molar-refractivity contribution in [2.24, 2.45) is 0 Å². The predicted octanol–water partition coefficient (Wildman–Crippen LogP) is 5.03. The van der Waals surface area contributed by atoms with Crippen LogP contribution < -0.4 is 19.5 Å². The van der Waals surface area contributed by atoms with Crippen molar-refractivity contribution in [1.29, 1.82) is 0 Å². The first-order valence-electron chi connectivity index (χ1n) is 9.35. The van der Waals surface area contributed by atoms with E-state index in [1.165, 1.54) is 19.5 Å². The van der Waals surface area contributed by atoms with Crippen LogP contribution in [0.2, 0.25) is 5.02 Å². The number of nitrogens with zero attached hydrogens (tertiary/aromatic N) is 3. The maximum atomic E-state index is 14.2. The molecule has 0 saturated carbocycles. The lowest BCUT2D eigenvalue weighted by Gasteiger charge is -2.14. The maximum absolute atomic E-state index is 14.2. The van der Waals surface area contributed by atoms with Crippen LogP contribution in [0, 0.1) is 5.82 Å². The van der Waals surface area contributed by atoms with Gasteiger partial charge in [-0.3, -0.25) is 0 Å². The molecule has 0 spiro atoms. The van der Waals surface area contributed by atoms with Crippen LogP contribution in [-0.4, -0.2) is 35.3 Å². The molecule has 0 unspecified atom stereocenters. The first-order valence-corrected chi connectivity index (χ1v) is 9.73. The van der Waals surface area contributed by atoms with Gasteiger partial charge in [-0.05, 0) is 30.3 Å². The second kappa shape index (κ2) is 9.44. The number of methoxy groups -OCH3 is 1. The van der Waals surface area contributed by atoms with Crippen LogP contribution in [0.3, 0.4) is 0 Å². The van der Waals surface area contributed by atoms with Gasteiger partial charge < -0.3 is 19.5 Å². The van der Waals surface area contributed by atoms with Crippen LogP contribution in [-0.2, 0) is 0 Å². The van der Waals surface area contributed by atoms with Crippen LogP contribution in [0.4, 0.5) is 15.9 Å². The lowest BCUT2D eigenvalue weighted by Crippen LogP contribution is -2.10. The summed E-state index contributed by atoms with van der Waals surface area (Å²) in [4.78, 5) is 12.6. The third kappa shape index (κ3) is 4.92. The van der Waals surface area contributed by atoms with E-state index in [0.29, 0.717) is 45.7 Å². The third-order valence-electron chi connectivity index (χ3n) is 4.33. The Morgan fingerprint density at radius 2 is 1.84 bits per heavy atom. The molecular weight excluding hydrogens is 423 g/mol. The number of halogens is 2. The van der Waals surface area contributed by atoms with Gasteiger partial charge >= 0.3 is 0 Å². The number of fused-ring (bicyclic) bond motifs is 1. The van der Waals surface area contributed by atoms with Gasteiger partial charge in [-0.1, -0.05) is 17.7 Å². The fourth-order valence-corrected chi connectivity index (χ4v) is 3.04. The van der Waals surface area contributed by atoms with Crippen molar-refractivity contribution in [3.05, 3.63) is 71.9 Å². The maximum Gasteiger partial charge on any atom is 0.213 e. The van der Waals surface area contributed by atoms with E-state index < -0.39 is 5.82 Å². The molecule has 2 aromatic carbocycles. The van der Waals surface area contributed by atoms with Gasteiger partial charge in [-0.15, -0.1) is 0 Å². The lowest BCUT2D eigenvalue weighted by molar-refractivity contribution is 0.207. The van der Waals surface area contributed by atoms with Gasteiger partial charge in [0.2, 0.25) is 5.88 Å². The van der Waals surface area contributed by atoms with Gasteiger partial charge in [0.25, 0.3) is 0 Å². The van der Waals surface area contributed by atoms with Crippen molar-refractivity contribution in [2.45, 2.75) is 0 Å². The first-order chi connectivity index (χ1) is 15.1. The van der Waals surface area contributed by atoms with Crippen LogP contribution in [0.5, 0.6) is 17.4 Å². The van der Waals surface area contributed by atoms with Crippen molar-refractivity contribution in [3.63, 3.8) is 0 Å². The third-order valence-corrected chi connectivity index (χ3v) is 4.57. The minimum absolute atomic E-state index is 0.246. The summed E-state index contributed by atoms with van der Waals surface area (Å²) in [6, 6.07) is 13.3. The minimum Gasteiger partial charge on any atom is -0.493 e. The van der Waals surface area contributed by atoms with E-state index in [4.69, 9.17) is 25.8 Å². The molecule has 0 radical (unpaired) electrons. The normalized spacial score (nSPS) is 10.7. The quantitative estimate of drug-likeness (QED) is 0.385. The zero-order valence-electron chi connectivity index (χ0n) is 16.5. The highest BCUT2D eigenvalue weighted by molar-refractivity contribution is 6.30. The average molecular weight is 441 g/mol. The van der Waals surface area contributed by atoms with E-state index in [1.807, 2.05) is 12.1 Å². The molecule has 158 valence electrons. The number of pyridine rings is 1. The monoisotopic (exact) mass is 440 g/mol. The molecule has 0 amide bonds. The molecule has 31 heavy (non-hydrogen) atoms. The van der Waals surface area contributed by atoms with E-state index in [0.717, 1.165) is 0 Å². The Kier molecular flexibility index (Phi) is 6.28. The van der Waals surface area contributed by atoms with E-state index in [-0.39, 0.29) is 12.3 Å². The Hall–Kier alpha value is -3.65. The fourth-order valence-electron chi connectivity index (χ4n) is 2.88. The Bertz CT molecular complexity index is 1190. The number of rotatable bonds is 8. The van der Waals surface area contributed by atoms with Crippen LogP contribution in [0.25, 0.3) is 10.9 Å². The molecule has 4 rings (SSSR count). The Labute approximate surface area is 182 Å². The number of ether oxygens (including phenoxy) is 3. The highest BCUT2D eigenvalue weighted by Crippen LogP contribution is 2.35. The summed E-state index contributed by atoms with van der Waals surface area (Å²) in [7, 11) is 1.54. The number of anilines is 2. The van der Waals surface area contributed by atoms with Crippen molar-refractivity contribution in [3.8, 4) is 17.4 Å². The number of aromatic nitrogens is 3. The average Bonchev–Trinajstić information content (AvgIpc) is 2.79. The molecule has 0 aliphatic rings. The van der Waals surface area contributed by atoms with Crippen LogP contribution >= 0.6 is 11.6 Å². The predicted molar refractivity (Wildman–Crippen MR) is 116 cm³/mol. The molecule has 0 bridgehead atoms. The highest BCUT2D eigenvalue weighted by Gasteiger charge is 2.13. The molecule has 0 aliphatic carbocycles. The summed E-state index contributed by atoms with van der Waals surface area (Å²) in [5.41, 5.74) is 0.851. The fraction of sp³-hybridized carbons (Fsp3) is 0.136. The van der Waals surface area contributed by atoms with Crippen LogP contribution in [0.15, 0.2) is 61.1 Å². The molecule has 2 aromatic heterocycles. The van der Waals surface area contributed by atoms with Gasteiger partial charge in [0.15, 0.2) is 11.5 Å². The van der Waals surface area contributed by atoms with Gasteiger partial charge in [-0.2, -0.15) is 0 Å².